The van der Waals surface area contributed by atoms with Crippen LogP contribution in [-0.2, 0) is 0 Å². The molecule has 0 spiro atoms. The van der Waals surface area contributed by atoms with Crippen molar-refractivity contribution in [3.63, 3.8) is 0 Å². The molecule has 11 aromatic carbocycles. The highest BCUT2D eigenvalue weighted by Gasteiger charge is 2.21. The molecule has 12 aromatic rings. The molecule has 0 saturated heterocycles. The number of rotatable bonds is 2. The Labute approximate surface area is 292 Å². The van der Waals surface area contributed by atoms with E-state index >= 15 is 0 Å². The molecule has 0 bridgehead atoms. The molecule has 0 aliphatic rings. The maximum atomic E-state index is 7.04. The standard InChI is InChI=1S/C50H28O/c1-2-9-35-28-45-44(27-34(35)8-1)49-42(39-23-20-33-18-17-30-10-5-11-31-21-24-41(39)48(33)46(30)31)25-26-43(50(49)51-45)37-13-6-14-40-38(37)22-19-32-16-15-29-7-3-4-12-36(29)47(32)40/h1-28H. The Kier molecular flexibility index (Phi) is 5.29. The fraction of sp³-hybridized carbons (Fsp3) is 0. The van der Waals surface area contributed by atoms with Crippen LogP contribution >= 0.6 is 0 Å². The lowest BCUT2D eigenvalue weighted by Crippen LogP contribution is -1.89. The monoisotopic (exact) mass is 644 g/mol. The number of benzene rings is 11. The van der Waals surface area contributed by atoms with Crippen molar-refractivity contribution in [1.82, 2.24) is 0 Å². The van der Waals surface area contributed by atoms with E-state index in [0.717, 1.165) is 27.5 Å². The van der Waals surface area contributed by atoms with Gasteiger partial charge in [-0.1, -0.05) is 152 Å². The highest BCUT2D eigenvalue weighted by Crippen LogP contribution is 2.47. The molecule has 1 aromatic heterocycles. The van der Waals surface area contributed by atoms with E-state index in [2.05, 4.69) is 170 Å². The van der Waals surface area contributed by atoms with Crippen molar-refractivity contribution in [3.05, 3.63) is 170 Å². The van der Waals surface area contributed by atoms with E-state index in [0.29, 0.717) is 0 Å². The molecule has 0 radical (unpaired) electrons. The quantitative estimate of drug-likeness (QED) is 0.171. The largest absolute Gasteiger partial charge is 0.455 e. The zero-order valence-corrected chi connectivity index (χ0v) is 27.6. The number of fused-ring (bicyclic) bond motifs is 9. The van der Waals surface area contributed by atoms with Crippen LogP contribution in [0.4, 0.5) is 0 Å². The minimum atomic E-state index is 0.909. The number of hydrogen-bond donors (Lipinski definition) is 0. The second-order valence-corrected chi connectivity index (χ2v) is 14.0. The predicted octanol–water partition coefficient (Wildman–Crippen LogP) is 14.4. The zero-order chi connectivity index (χ0) is 33.2. The summed E-state index contributed by atoms with van der Waals surface area (Å²) in [5.41, 5.74) is 6.54. The van der Waals surface area contributed by atoms with Gasteiger partial charge in [-0.15, -0.1) is 0 Å². The van der Waals surface area contributed by atoms with Crippen molar-refractivity contribution < 1.29 is 4.42 Å². The Morgan fingerprint density at radius 2 is 0.804 bits per heavy atom. The van der Waals surface area contributed by atoms with Crippen LogP contribution in [0.2, 0.25) is 0 Å². The second-order valence-electron chi connectivity index (χ2n) is 14.0. The smallest absolute Gasteiger partial charge is 0.143 e. The van der Waals surface area contributed by atoms with E-state index < -0.39 is 0 Å². The first-order valence-corrected chi connectivity index (χ1v) is 17.7. The third-order valence-electron chi connectivity index (χ3n) is 11.4. The van der Waals surface area contributed by atoms with Crippen molar-refractivity contribution in [3.8, 4) is 22.3 Å². The average molecular weight is 645 g/mol. The van der Waals surface area contributed by atoms with Gasteiger partial charge in [0.05, 0.1) is 0 Å². The van der Waals surface area contributed by atoms with Crippen molar-refractivity contribution in [2.75, 3.05) is 0 Å². The van der Waals surface area contributed by atoms with E-state index in [9.17, 15) is 0 Å². The van der Waals surface area contributed by atoms with Crippen LogP contribution in [0.3, 0.4) is 0 Å². The van der Waals surface area contributed by atoms with Gasteiger partial charge in [0.25, 0.3) is 0 Å². The molecular weight excluding hydrogens is 617 g/mol. The summed E-state index contributed by atoms with van der Waals surface area (Å²) < 4.78 is 7.04. The van der Waals surface area contributed by atoms with Gasteiger partial charge < -0.3 is 4.42 Å². The fourth-order valence-corrected chi connectivity index (χ4v) is 9.07. The van der Waals surface area contributed by atoms with Crippen LogP contribution in [0.1, 0.15) is 0 Å². The lowest BCUT2D eigenvalue weighted by Gasteiger charge is -2.16. The summed E-state index contributed by atoms with van der Waals surface area (Å²) in [6.45, 7) is 0. The van der Waals surface area contributed by atoms with E-state index in [1.807, 2.05) is 0 Å². The summed E-state index contributed by atoms with van der Waals surface area (Å²) >= 11 is 0. The molecule has 12 rings (SSSR count). The van der Waals surface area contributed by atoms with Crippen LogP contribution in [0.15, 0.2) is 174 Å². The van der Waals surface area contributed by atoms with Gasteiger partial charge in [0, 0.05) is 16.3 Å². The molecule has 51 heavy (non-hydrogen) atoms. The summed E-state index contributed by atoms with van der Waals surface area (Å²) in [6.07, 6.45) is 0. The predicted molar refractivity (Wildman–Crippen MR) is 218 cm³/mol. The summed E-state index contributed by atoms with van der Waals surface area (Å²) in [5, 5.41) is 20.0. The Morgan fingerprint density at radius 3 is 1.65 bits per heavy atom. The van der Waals surface area contributed by atoms with Crippen LogP contribution in [0.25, 0.3) is 120 Å². The van der Waals surface area contributed by atoms with E-state index in [-0.39, 0.29) is 0 Å². The van der Waals surface area contributed by atoms with Crippen LogP contribution in [0, 0.1) is 0 Å². The number of furan rings is 1. The topological polar surface area (TPSA) is 13.1 Å². The van der Waals surface area contributed by atoms with E-state index in [1.54, 1.807) is 0 Å². The summed E-state index contributed by atoms with van der Waals surface area (Å²) in [6, 6.07) is 62.6. The van der Waals surface area contributed by atoms with Gasteiger partial charge in [-0.05, 0) is 110 Å². The van der Waals surface area contributed by atoms with Crippen LogP contribution < -0.4 is 0 Å². The summed E-state index contributed by atoms with van der Waals surface area (Å²) in [7, 11) is 0. The van der Waals surface area contributed by atoms with Crippen molar-refractivity contribution in [1.29, 1.82) is 0 Å². The minimum Gasteiger partial charge on any atom is -0.455 e. The minimum absolute atomic E-state index is 0.909. The Hall–Kier alpha value is -6.70. The molecule has 1 nitrogen and oxygen atoms in total. The first kappa shape index (κ1) is 27.2. The van der Waals surface area contributed by atoms with Gasteiger partial charge in [-0.2, -0.15) is 0 Å². The number of hydrogen-bond acceptors (Lipinski definition) is 1. The first-order valence-electron chi connectivity index (χ1n) is 17.7. The molecule has 0 atom stereocenters. The average Bonchev–Trinajstić information content (AvgIpc) is 3.56. The van der Waals surface area contributed by atoms with Gasteiger partial charge in [0.15, 0.2) is 0 Å². The maximum Gasteiger partial charge on any atom is 0.143 e. The molecule has 0 aliphatic heterocycles. The lowest BCUT2D eigenvalue weighted by atomic mass is 9.87. The van der Waals surface area contributed by atoms with Crippen molar-refractivity contribution in [2.24, 2.45) is 0 Å². The van der Waals surface area contributed by atoms with E-state index in [4.69, 9.17) is 4.42 Å². The van der Waals surface area contributed by atoms with Gasteiger partial charge in [0.1, 0.15) is 11.2 Å². The third kappa shape index (κ3) is 3.70. The Balaban J connectivity index is 1.21. The molecule has 0 N–H and O–H groups in total. The molecular formula is C50H28O. The fourth-order valence-electron chi connectivity index (χ4n) is 9.07. The van der Waals surface area contributed by atoms with Gasteiger partial charge >= 0.3 is 0 Å². The molecule has 0 amide bonds. The highest BCUT2D eigenvalue weighted by molar-refractivity contribution is 6.29. The molecule has 1 heterocycles. The maximum absolute atomic E-state index is 7.04. The molecule has 0 fully saturated rings. The zero-order valence-electron chi connectivity index (χ0n) is 27.6. The van der Waals surface area contributed by atoms with Crippen molar-refractivity contribution in [2.45, 2.75) is 0 Å². The SMILES string of the molecule is c1ccc2cc3c(cc2c1)oc1c(-c2cccc4c2ccc2ccc5ccccc5c24)ccc(-c2ccc4ccc5cccc6ccc2c4c56)c13. The molecule has 0 saturated carbocycles. The van der Waals surface area contributed by atoms with Crippen molar-refractivity contribution >= 4 is 97.3 Å². The van der Waals surface area contributed by atoms with Crippen LogP contribution in [0.5, 0.6) is 0 Å². The lowest BCUT2D eigenvalue weighted by molar-refractivity contribution is 0.670. The molecule has 0 unspecified atom stereocenters. The van der Waals surface area contributed by atoms with Gasteiger partial charge in [-0.3, -0.25) is 0 Å². The highest BCUT2D eigenvalue weighted by atomic mass is 16.3. The first-order chi connectivity index (χ1) is 25.3. The third-order valence-corrected chi connectivity index (χ3v) is 11.4. The summed E-state index contributed by atoms with van der Waals surface area (Å²) in [4.78, 5) is 0. The van der Waals surface area contributed by atoms with Gasteiger partial charge in [0.2, 0.25) is 0 Å². The molecule has 1 heteroatoms. The normalized spacial score (nSPS) is 12.3. The molecule has 0 aliphatic carbocycles. The van der Waals surface area contributed by atoms with E-state index in [1.165, 1.54) is 92.1 Å². The molecule has 234 valence electrons. The Morgan fingerprint density at radius 1 is 0.255 bits per heavy atom. The summed E-state index contributed by atoms with van der Waals surface area (Å²) in [5.74, 6) is 0. The van der Waals surface area contributed by atoms with Gasteiger partial charge in [-0.25, -0.2) is 0 Å². The van der Waals surface area contributed by atoms with Crippen LogP contribution in [-0.4, -0.2) is 0 Å². The second kappa shape index (κ2) is 9.94. The Bertz CT molecular complexity index is 3400.